The van der Waals surface area contributed by atoms with Crippen LogP contribution in [0.3, 0.4) is 0 Å². The van der Waals surface area contributed by atoms with E-state index in [0.29, 0.717) is 5.37 Å². The average Bonchev–Trinajstić information content (AvgIpc) is 3.02. The Kier molecular flexibility index (Phi) is 2.94. The number of ether oxygens (including phenoxy) is 1. The quantitative estimate of drug-likeness (QED) is 0.769. The first-order valence-electron chi connectivity index (χ1n) is 6.16. The normalized spacial score (nSPS) is 42.8. The zero-order valence-corrected chi connectivity index (χ0v) is 10.0. The van der Waals surface area contributed by atoms with Crippen LogP contribution < -0.4 is 5.32 Å². The molecule has 3 heterocycles. The smallest absolute Gasteiger partial charge is 0.146 e. The Morgan fingerprint density at radius 1 is 1.27 bits per heavy atom. The van der Waals surface area contributed by atoms with Crippen LogP contribution in [-0.2, 0) is 4.74 Å². The fourth-order valence-electron chi connectivity index (χ4n) is 3.08. The molecule has 0 saturated carbocycles. The summed E-state index contributed by atoms with van der Waals surface area (Å²) in [5.74, 6) is 1.24. The van der Waals surface area contributed by atoms with Gasteiger partial charge < -0.3 is 10.1 Å². The van der Waals surface area contributed by atoms with E-state index >= 15 is 0 Å². The predicted molar refractivity (Wildman–Crippen MR) is 63.0 cm³/mol. The Hall–Kier alpha value is 0.230. The second kappa shape index (κ2) is 4.24. The monoisotopic (exact) mass is 228 g/mol. The van der Waals surface area contributed by atoms with Gasteiger partial charge in [-0.3, -0.25) is 4.90 Å². The predicted octanol–water partition coefficient (Wildman–Crippen LogP) is 1.25. The molecule has 0 amide bonds. The second-order valence-corrected chi connectivity index (χ2v) is 5.91. The number of rotatable bonds is 2. The van der Waals surface area contributed by atoms with Crippen LogP contribution in [0.25, 0.3) is 0 Å². The molecule has 3 saturated heterocycles. The number of thioether (sulfide) groups is 1. The van der Waals surface area contributed by atoms with Crippen LogP contribution >= 0.6 is 11.8 Å². The molecule has 0 radical (unpaired) electrons. The molecule has 15 heavy (non-hydrogen) atoms. The fourth-order valence-corrected chi connectivity index (χ4v) is 4.38. The lowest BCUT2D eigenvalue weighted by molar-refractivity contribution is -0.117. The van der Waals surface area contributed by atoms with E-state index in [9.17, 15) is 0 Å². The van der Waals surface area contributed by atoms with Gasteiger partial charge in [-0.1, -0.05) is 0 Å². The molecule has 3 aliphatic rings. The summed E-state index contributed by atoms with van der Waals surface area (Å²) in [7, 11) is 0. The third-order valence-corrected chi connectivity index (χ3v) is 5.11. The minimum atomic E-state index is 0.0394. The van der Waals surface area contributed by atoms with Crippen molar-refractivity contribution in [1.82, 2.24) is 10.2 Å². The highest BCUT2D eigenvalue weighted by Gasteiger charge is 2.49. The van der Waals surface area contributed by atoms with E-state index in [2.05, 4.69) is 10.2 Å². The Bertz CT molecular complexity index is 201. The Morgan fingerprint density at radius 2 is 2.13 bits per heavy atom. The molecule has 86 valence electrons. The summed E-state index contributed by atoms with van der Waals surface area (Å²) < 4.78 is 6.15. The van der Waals surface area contributed by atoms with Crippen molar-refractivity contribution < 1.29 is 4.74 Å². The minimum absolute atomic E-state index is 0.0394. The fraction of sp³-hybridized carbons (Fsp3) is 1.00. The standard InChI is InChI=1S/C11H20N2OS/c1-2-7-13(6-1)11(4-3-8-14-11)10-12-5-9-15-10/h10,12H,1-9H2. The molecule has 0 aromatic rings. The number of likely N-dealkylation sites (tertiary alicyclic amines) is 1. The molecule has 0 spiro atoms. The summed E-state index contributed by atoms with van der Waals surface area (Å²) in [6.45, 7) is 4.57. The number of nitrogens with zero attached hydrogens (tertiary/aromatic N) is 1. The SMILES string of the molecule is C1CCN(C2(C3NCCS3)CCCO2)C1. The first-order valence-corrected chi connectivity index (χ1v) is 7.21. The minimum Gasteiger partial charge on any atom is -0.358 e. The van der Waals surface area contributed by atoms with Gasteiger partial charge in [-0.2, -0.15) is 0 Å². The van der Waals surface area contributed by atoms with Crippen LogP contribution in [0.2, 0.25) is 0 Å². The maximum absolute atomic E-state index is 6.15. The molecule has 3 aliphatic heterocycles. The second-order valence-electron chi connectivity index (χ2n) is 4.70. The van der Waals surface area contributed by atoms with E-state index in [-0.39, 0.29) is 5.72 Å². The van der Waals surface area contributed by atoms with E-state index in [0.717, 1.165) is 13.2 Å². The third kappa shape index (κ3) is 1.71. The molecular weight excluding hydrogens is 208 g/mol. The first kappa shape index (κ1) is 10.4. The van der Waals surface area contributed by atoms with Crippen molar-refractivity contribution in [3.63, 3.8) is 0 Å². The molecular formula is C11H20N2OS. The van der Waals surface area contributed by atoms with Crippen molar-refractivity contribution in [3.8, 4) is 0 Å². The van der Waals surface area contributed by atoms with Gasteiger partial charge in [0.05, 0.1) is 5.37 Å². The van der Waals surface area contributed by atoms with Crippen LogP contribution in [0.5, 0.6) is 0 Å². The Balaban J connectivity index is 1.80. The molecule has 0 aromatic heterocycles. The van der Waals surface area contributed by atoms with Crippen LogP contribution in [-0.4, -0.2) is 48.0 Å². The lowest BCUT2D eigenvalue weighted by Gasteiger charge is -2.41. The summed E-state index contributed by atoms with van der Waals surface area (Å²) >= 11 is 2.05. The van der Waals surface area contributed by atoms with Crippen LogP contribution in [0.4, 0.5) is 0 Å². The highest BCUT2D eigenvalue weighted by Crippen LogP contribution is 2.40. The molecule has 3 fully saturated rings. The van der Waals surface area contributed by atoms with Crippen LogP contribution in [0.15, 0.2) is 0 Å². The number of hydrogen-bond acceptors (Lipinski definition) is 4. The van der Waals surface area contributed by atoms with Gasteiger partial charge in [0.1, 0.15) is 5.72 Å². The molecule has 3 nitrogen and oxygen atoms in total. The summed E-state index contributed by atoms with van der Waals surface area (Å²) in [5.41, 5.74) is 0.0394. The molecule has 3 rings (SSSR count). The highest BCUT2D eigenvalue weighted by atomic mass is 32.2. The average molecular weight is 228 g/mol. The van der Waals surface area contributed by atoms with Gasteiger partial charge in [-0.15, -0.1) is 11.8 Å². The van der Waals surface area contributed by atoms with Crippen LogP contribution in [0.1, 0.15) is 25.7 Å². The van der Waals surface area contributed by atoms with Gasteiger partial charge in [0.2, 0.25) is 0 Å². The zero-order valence-electron chi connectivity index (χ0n) is 9.21. The van der Waals surface area contributed by atoms with E-state index < -0.39 is 0 Å². The van der Waals surface area contributed by atoms with Gasteiger partial charge in [-0.05, 0) is 25.7 Å². The molecule has 4 heteroatoms. The molecule has 2 atom stereocenters. The largest absolute Gasteiger partial charge is 0.358 e. The highest BCUT2D eigenvalue weighted by molar-refractivity contribution is 8.00. The topological polar surface area (TPSA) is 24.5 Å². The lowest BCUT2D eigenvalue weighted by atomic mass is 10.1. The van der Waals surface area contributed by atoms with E-state index in [1.807, 2.05) is 11.8 Å². The maximum Gasteiger partial charge on any atom is 0.146 e. The van der Waals surface area contributed by atoms with E-state index in [1.54, 1.807) is 0 Å². The molecule has 2 unspecified atom stereocenters. The third-order valence-electron chi connectivity index (χ3n) is 3.80. The maximum atomic E-state index is 6.15. The number of nitrogens with one attached hydrogen (secondary N) is 1. The van der Waals surface area contributed by atoms with Crippen molar-refractivity contribution in [2.45, 2.75) is 36.8 Å². The molecule has 1 N–H and O–H groups in total. The summed E-state index contributed by atoms with van der Waals surface area (Å²) in [5, 5.41) is 4.12. The lowest BCUT2D eigenvalue weighted by Crippen LogP contribution is -2.57. The Morgan fingerprint density at radius 3 is 2.73 bits per heavy atom. The van der Waals surface area contributed by atoms with Crippen molar-refractivity contribution >= 4 is 11.8 Å². The van der Waals surface area contributed by atoms with Gasteiger partial charge in [0.15, 0.2) is 0 Å². The van der Waals surface area contributed by atoms with E-state index in [1.165, 1.54) is 44.5 Å². The first-order chi connectivity index (χ1) is 7.42. The van der Waals surface area contributed by atoms with Crippen molar-refractivity contribution in [2.24, 2.45) is 0 Å². The van der Waals surface area contributed by atoms with Gasteiger partial charge in [0, 0.05) is 32.0 Å². The summed E-state index contributed by atoms with van der Waals surface area (Å²) in [6, 6.07) is 0. The van der Waals surface area contributed by atoms with Crippen molar-refractivity contribution in [3.05, 3.63) is 0 Å². The van der Waals surface area contributed by atoms with Crippen molar-refractivity contribution in [2.75, 3.05) is 32.0 Å². The summed E-state index contributed by atoms with van der Waals surface area (Å²) in [6.07, 6.45) is 5.15. The van der Waals surface area contributed by atoms with Crippen LogP contribution in [0, 0.1) is 0 Å². The molecule has 0 aromatic carbocycles. The van der Waals surface area contributed by atoms with Gasteiger partial charge >= 0.3 is 0 Å². The molecule has 0 bridgehead atoms. The van der Waals surface area contributed by atoms with Crippen molar-refractivity contribution in [1.29, 1.82) is 0 Å². The van der Waals surface area contributed by atoms with E-state index in [4.69, 9.17) is 4.74 Å². The molecule has 0 aliphatic carbocycles. The zero-order chi connectivity index (χ0) is 10.1. The van der Waals surface area contributed by atoms with Gasteiger partial charge in [0.25, 0.3) is 0 Å². The summed E-state index contributed by atoms with van der Waals surface area (Å²) in [4.78, 5) is 2.59. The Labute approximate surface area is 95.9 Å². The van der Waals surface area contributed by atoms with Gasteiger partial charge in [-0.25, -0.2) is 0 Å². The number of hydrogen-bond donors (Lipinski definition) is 1.